The van der Waals surface area contributed by atoms with E-state index in [4.69, 9.17) is 16.3 Å². The summed E-state index contributed by atoms with van der Waals surface area (Å²) in [6, 6.07) is 14.0. The number of β-amino-alcohol motifs (C(OH)–C–C–N with tert-alkyl or cyclic N) is 1. The number of fused-ring (bicyclic) bond motifs is 3. The molecule has 166 valence electrons. The van der Waals surface area contributed by atoms with Gasteiger partial charge in [0.2, 0.25) is 0 Å². The van der Waals surface area contributed by atoms with Crippen LogP contribution >= 0.6 is 11.6 Å². The maximum Gasteiger partial charge on any atom is 0.119 e. The molecule has 1 saturated heterocycles. The van der Waals surface area contributed by atoms with Gasteiger partial charge in [0.25, 0.3) is 0 Å². The van der Waals surface area contributed by atoms with Gasteiger partial charge >= 0.3 is 0 Å². The van der Waals surface area contributed by atoms with Crippen molar-refractivity contribution in [2.24, 2.45) is 0 Å². The lowest BCUT2D eigenvalue weighted by atomic mass is 10.0. The Morgan fingerprint density at radius 2 is 1.84 bits per heavy atom. The largest absolute Gasteiger partial charge is 0.491 e. The Morgan fingerprint density at radius 1 is 1.06 bits per heavy atom. The summed E-state index contributed by atoms with van der Waals surface area (Å²) in [5, 5.41) is 13.3. The lowest BCUT2D eigenvalue weighted by Crippen LogP contribution is -2.38. The van der Waals surface area contributed by atoms with Crippen molar-refractivity contribution in [2.75, 3.05) is 26.2 Å². The van der Waals surface area contributed by atoms with E-state index in [9.17, 15) is 5.11 Å². The summed E-state index contributed by atoms with van der Waals surface area (Å²) in [5.41, 5.74) is 5.14. The van der Waals surface area contributed by atoms with E-state index in [0.717, 1.165) is 57.5 Å². The zero-order valence-electron chi connectivity index (χ0n) is 18.3. The molecule has 2 aromatic carbocycles. The van der Waals surface area contributed by atoms with E-state index >= 15 is 0 Å². The molecule has 0 bridgehead atoms. The maximum atomic E-state index is 10.3. The number of nitrogens with one attached hydrogen (secondary N) is 1. The fourth-order valence-corrected chi connectivity index (χ4v) is 4.89. The lowest BCUT2D eigenvalue weighted by molar-refractivity contribution is 0.0617. The molecule has 1 aliphatic heterocycles. The van der Waals surface area contributed by atoms with Crippen LogP contribution in [-0.4, -0.2) is 52.3 Å². The molecule has 0 radical (unpaired) electrons. The van der Waals surface area contributed by atoms with Crippen molar-refractivity contribution in [3.8, 4) is 16.9 Å². The zero-order valence-corrected chi connectivity index (χ0v) is 19.0. The van der Waals surface area contributed by atoms with Crippen molar-refractivity contribution in [2.45, 2.75) is 32.3 Å². The van der Waals surface area contributed by atoms with E-state index < -0.39 is 6.10 Å². The molecule has 1 aliphatic rings. The topological polar surface area (TPSA) is 61.4 Å². The minimum atomic E-state index is -0.483. The van der Waals surface area contributed by atoms with E-state index in [1.807, 2.05) is 55.6 Å². The van der Waals surface area contributed by atoms with Crippen LogP contribution in [-0.2, 0) is 0 Å². The molecule has 0 saturated carbocycles. The van der Waals surface area contributed by atoms with E-state index in [1.165, 1.54) is 19.3 Å². The van der Waals surface area contributed by atoms with Crippen molar-refractivity contribution in [1.82, 2.24) is 14.9 Å². The van der Waals surface area contributed by atoms with E-state index in [2.05, 4.69) is 14.9 Å². The maximum absolute atomic E-state index is 10.3. The lowest BCUT2D eigenvalue weighted by Gasteiger charge is -2.28. The highest BCUT2D eigenvalue weighted by atomic mass is 35.5. The first kappa shape index (κ1) is 21.3. The first-order chi connectivity index (χ1) is 15.6. The number of hydrogen-bond acceptors (Lipinski definition) is 4. The molecule has 3 heterocycles. The summed E-state index contributed by atoms with van der Waals surface area (Å²) in [7, 11) is 0. The van der Waals surface area contributed by atoms with Gasteiger partial charge in [-0.25, -0.2) is 0 Å². The second-order valence-electron chi connectivity index (χ2n) is 8.67. The summed E-state index contributed by atoms with van der Waals surface area (Å²) in [5.74, 6) is 0.751. The third-order valence-corrected chi connectivity index (χ3v) is 6.53. The minimum absolute atomic E-state index is 0.297. The molecular weight excluding hydrogens is 422 g/mol. The first-order valence-corrected chi connectivity index (χ1v) is 11.7. The van der Waals surface area contributed by atoms with Crippen LogP contribution in [0.1, 0.15) is 25.0 Å². The molecule has 4 aromatic rings. The van der Waals surface area contributed by atoms with Crippen molar-refractivity contribution in [1.29, 1.82) is 0 Å². The summed E-state index contributed by atoms with van der Waals surface area (Å²) < 4.78 is 5.86. The van der Waals surface area contributed by atoms with Crippen molar-refractivity contribution in [3.63, 3.8) is 0 Å². The third kappa shape index (κ3) is 4.33. The molecule has 2 aromatic heterocycles. The normalized spacial score (nSPS) is 16.0. The Labute approximate surface area is 193 Å². The number of aliphatic hydroxyl groups excluding tert-OH is 1. The van der Waals surface area contributed by atoms with Crippen molar-refractivity contribution >= 4 is 33.4 Å². The average Bonchev–Trinajstić information content (AvgIpc) is 3.18. The van der Waals surface area contributed by atoms with Crippen LogP contribution in [0.3, 0.4) is 0 Å². The predicted octanol–water partition coefficient (Wildman–Crippen LogP) is 5.57. The summed E-state index contributed by atoms with van der Waals surface area (Å²) in [4.78, 5) is 10.3. The van der Waals surface area contributed by atoms with Gasteiger partial charge in [-0.3, -0.25) is 4.98 Å². The highest BCUT2D eigenvalue weighted by Gasteiger charge is 2.16. The molecular formula is C26H28ClN3O2. The molecule has 2 N–H and O–H groups in total. The quantitative estimate of drug-likeness (QED) is 0.404. The molecule has 0 aliphatic carbocycles. The number of benzene rings is 2. The second kappa shape index (κ2) is 9.10. The molecule has 0 spiro atoms. The number of likely N-dealkylation sites (tertiary alicyclic amines) is 1. The Bertz CT molecular complexity index is 1230. The van der Waals surface area contributed by atoms with E-state index in [-0.39, 0.29) is 0 Å². The van der Waals surface area contributed by atoms with Crippen LogP contribution < -0.4 is 4.74 Å². The molecule has 5 nitrogen and oxygen atoms in total. The average molecular weight is 450 g/mol. The Morgan fingerprint density at radius 3 is 2.62 bits per heavy atom. The van der Waals surface area contributed by atoms with Crippen LogP contribution in [0.5, 0.6) is 5.75 Å². The highest BCUT2D eigenvalue weighted by Crippen LogP contribution is 2.36. The van der Waals surface area contributed by atoms with Crippen LogP contribution in [0.2, 0.25) is 5.02 Å². The fraction of sp³-hybridized carbons (Fsp3) is 0.346. The van der Waals surface area contributed by atoms with Crippen LogP contribution in [0, 0.1) is 6.92 Å². The Balaban J connectivity index is 1.34. The minimum Gasteiger partial charge on any atom is -0.491 e. The summed E-state index contributed by atoms with van der Waals surface area (Å²) in [6.45, 7) is 5.12. The number of aryl methyl sites for hydroxylation is 1. The third-order valence-electron chi connectivity index (χ3n) is 6.31. The Kier molecular flexibility index (Phi) is 6.05. The monoisotopic (exact) mass is 449 g/mol. The molecule has 32 heavy (non-hydrogen) atoms. The van der Waals surface area contributed by atoms with Crippen LogP contribution in [0.25, 0.3) is 32.9 Å². The van der Waals surface area contributed by atoms with E-state index in [0.29, 0.717) is 18.2 Å². The van der Waals surface area contributed by atoms with Gasteiger partial charge in [-0.15, -0.1) is 0 Å². The SMILES string of the molecule is Cc1nccc2c1[nH]c1c(-c3ccc(OCC(O)CN4CCCCC4)cc3)cc(Cl)cc12. The van der Waals surface area contributed by atoms with Gasteiger partial charge in [0.1, 0.15) is 18.5 Å². The number of aliphatic hydroxyl groups is 1. The molecule has 6 heteroatoms. The molecule has 1 unspecified atom stereocenters. The molecule has 5 rings (SSSR count). The zero-order chi connectivity index (χ0) is 22.1. The van der Waals surface area contributed by atoms with Crippen molar-refractivity contribution in [3.05, 3.63) is 59.4 Å². The standard InChI is InChI=1S/C26H28ClN3O2/c1-17-25-22(9-10-28-17)24-14-19(27)13-23(26(24)29-25)18-5-7-21(8-6-18)32-16-20(31)15-30-11-3-2-4-12-30/h5-10,13-14,20,29,31H,2-4,11-12,15-16H2,1H3. The number of pyridine rings is 1. The number of aromatic amines is 1. The van der Waals surface area contributed by atoms with Gasteiger partial charge in [-0.2, -0.15) is 0 Å². The van der Waals surface area contributed by atoms with Gasteiger partial charge in [0.15, 0.2) is 0 Å². The Hall–Kier alpha value is -2.60. The number of aromatic nitrogens is 2. The predicted molar refractivity (Wildman–Crippen MR) is 131 cm³/mol. The molecule has 1 fully saturated rings. The van der Waals surface area contributed by atoms with Gasteiger partial charge in [0.05, 0.1) is 16.7 Å². The number of H-pyrrole nitrogens is 1. The molecule has 0 amide bonds. The molecule has 1 atom stereocenters. The highest BCUT2D eigenvalue weighted by molar-refractivity contribution is 6.32. The smallest absolute Gasteiger partial charge is 0.119 e. The summed E-state index contributed by atoms with van der Waals surface area (Å²) in [6.07, 6.45) is 5.08. The number of hydrogen-bond donors (Lipinski definition) is 2. The summed E-state index contributed by atoms with van der Waals surface area (Å²) >= 11 is 6.48. The van der Waals surface area contributed by atoms with Crippen LogP contribution in [0.15, 0.2) is 48.7 Å². The number of piperidine rings is 1. The van der Waals surface area contributed by atoms with Gasteiger partial charge < -0.3 is 19.7 Å². The number of nitrogens with zero attached hydrogens (tertiary/aromatic N) is 2. The number of rotatable bonds is 6. The fourth-order valence-electron chi connectivity index (χ4n) is 4.67. The van der Waals surface area contributed by atoms with Crippen molar-refractivity contribution < 1.29 is 9.84 Å². The van der Waals surface area contributed by atoms with Gasteiger partial charge in [-0.05, 0) is 68.8 Å². The van der Waals surface area contributed by atoms with E-state index in [1.54, 1.807) is 0 Å². The van der Waals surface area contributed by atoms with Gasteiger partial charge in [0, 0.05) is 34.1 Å². The number of ether oxygens (including phenoxy) is 1. The first-order valence-electron chi connectivity index (χ1n) is 11.3. The van der Waals surface area contributed by atoms with Crippen LogP contribution in [0.4, 0.5) is 0 Å². The number of halogens is 1. The van der Waals surface area contributed by atoms with Gasteiger partial charge in [-0.1, -0.05) is 30.2 Å². The second-order valence-corrected chi connectivity index (χ2v) is 9.11.